The van der Waals surface area contributed by atoms with Gasteiger partial charge in [-0.15, -0.1) is 21.5 Å². The van der Waals surface area contributed by atoms with Gasteiger partial charge in [0, 0.05) is 17.0 Å². The van der Waals surface area contributed by atoms with Crippen molar-refractivity contribution in [2.75, 3.05) is 7.11 Å². The number of hydrogen-bond donors (Lipinski definition) is 1. The predicted octanol–water partition coefficient (Wildman–Crippen LogP) is 5.25. The summed E-state index contributed by atoms with van der Waals surface area (Å²) < 4.78 is 7.35. The molecule has 1 N–H and O–H groups in total. The zero-order valence-electron chi connectivity index (χ0n) is 19.2. The molecule has 0 amide bonds. The second-order valence-corrected chi connectivity index (χ2v) is 10.9. The van der Waals surface area contributed by atoms with E-state index < -0.39 is 0 Å². The van der Waals surface area contributed by atoms with Gasteiger partial charge < -0.3 is 14.3 Å². The lowest BCUT2D eigenvalue weighted by molar-refractivity contribution is 0.415. The van der Waals surface area contributed by atoms with Crippen LogP contribution in [0.2, 0.25) is 0 Å². The van der Waals surface area contributed by atoms with Crippen LogP contribution in [0, 0.1) is 5.92 Å². The molecule has 5 rings (SSSR count). The summed E-state index contributed by atoms with van der Waals surface area (Å²) in [6, 6.07) is 7.81. The van der Waals surface area contributed by atoms with E-state index in [1.54, 1.807) is 30.2 Å². The number of thiophene rings is 1. The Hall–Kier alpha value is -2.65. The normalized spacial score (nSPS) is 16.7. The molecule has 0 fully saturated rings. The third-order valence-corrected chi connectivity index (χ3v) is 8.47. The first kappa shape index (κ1) is 22.2. The van der Waals surface area contributed by atoms with Crippen molar-refractivity contribution in [2.24, 2.45) is 5.92 Å². The lowest BCUT2D eigenvalue weighted by Gasteiger charge is -2.17. The number of nitrogens with one attached hydrogen (secondary N) is 1. The molecule has 3 heterocycles. The second kappa shape index (κ2) is 8.95. The minimum atomic E-state index is -0.0710. The van der Waals surface area contributed by atoms with Crippen molar-refractivity contribution in [3.05, 3.63) is 50.9 Å². The van der Waals surface area contributed by atoms with E-state index in [0.717, 1.165) is 58.3 Å². The molecule has 1 aliphatic carbocycles. The molecule has 2 atom stereocenters. The van der Waals surface area contributed by atoms with E-state index in [1.807, 2.05) is 31.2 Å². The fraction of sp³-hybridized carbons (Fsp3) is 0.417. The predicted molar refractivity (Wildman–Crippen MR) is 133 cm³/mol. The zero-order chi connectivity index (χ0) is 23.1. The summed E-state index contributed by atoms with van der Waals surface area (Å²) in [4.78, 5) is 23.1. The highest BCUT2D eigenvalue weighted by atomic mass is 32.2. The van der Waals surface area contributed by atoms with Crippen LogP contribution in [0.15, 0.2) is 34.2 Å². The SMILES string of the molecule is CCn1c(SC(C)c2nc3sc4c(c3c(=O)[nH]2)CCC(C)C4)nnc1-c1ccc(OC)cc1. The summed E-state index contributed by atoms with van der Waals surface area (Å²) in [7, 11) is 1.65. The number of aromatic nitrogens is 5. The van der Waals surface area contributed by atoms with E-state index in [2.05, 4.69) is 33.6 Å². The minimum absolute atomic E-state index is 0.0228. The Labute approximate surface area is 200 Å². The van der Waals surface area contributed by atoms with Gasteiger partial charge in [-0.2, -0.15) is 0 Å². The van der Waals surface area contributed by atoms with Crippen molar-refractivity contribution in [1.82, 2.24) is 24.7 Å². The van der Waals surface area contributed by atoms with Crippen molar-refractivity contribution in [3.63, 3.8) is 0 Å². The van der Waals surface area contributed by atoms with Crippen molar-refractivity contribution in [2.45, 2.75) is 57.0 Å². The van der Waals surface area contributed by atoms with Gasteiger partial charge in [0.25, 0.3) is 5.56 Å². The summed E-state index contributed by atoms with van der Waals surface area (Å²) in [6.45, 7) is 7.14. The van der Waals surface area contributed by atoms with Gasteiger partial charge in [-0.1, -0.05) is 18.7 Å². The van der Waals surface area contributed by atoms with Crippen LogP contribution in [0.5, 0.6) is 5.75 Å². The lowest BCUT2D eigenvalue weighted by Crippen LogP contribution is -2.15. The molecule has 3 aromatic heterocycles. The van der Waals surface area contributed by atoms with Gasteiger partial charge in [0.05, 0.1) is 17.7 Å². The number of aryl methyl sites for hydroxylation is 1. The number of benzene rings is 1. The number of H-pyrrole nitrogens is 1. The smallest absolute Gasteiger partial charge is 0.259 e. The quantitative estimate of drug-likeness (QED) is 0.379. The van der Waals surface area contributed by atoms with Gasteiger partial charge in [-0.25, -0.2) is 4.98 Å². The van der Waals surface area contributed by atoms with Crippen molar-refractivity contribution in [1.29, 1.82) is 0 Å². The van der Waals surface area contributed by atoms with Crippen LogP contribution >= 0.6 is 23.1 Å². The van der Waals surface area contributed by atoms with Crippen LogP contribution in [0.4, 0.5) is 0 Å². The molecular formula is C24H27N5O2S2. The Morgan fingerprint density at radius 3 is 2.82 bits per heavy atom. The number of thioether (sulfide) groups is 1. The Morgan fingerprint density at radius 2 is 2.09 bits per heavy atom. The topological polar surface area (TPSA) is 85.7 Å². The van der Waals surface area contributed by atoms with E-state index in [-0.39, 0.29) is 10.8 Å². The highest BCUT2D eigenvalue weighted by Crippen LogP contribution is 2.38. The Kier molecular flexibility index (Phi) is 6.01. The molecule has 1 aromatic carbocycles. The van der Waals surface area contributed by atoms with Crippen LogP contribution in [-0.4, -0.2) is 31.8 Å². The zero-order valence-corrected chi connectivity index (χ0v) is 20.8. The third kappa shape index (κ3) is 4.08. The van der Waals surface area contributed by atoms with Crippen molar-refractivity contribution >= 4 is 33.3 Å². The number of ether oxygens (including phenoxy) is 1. The van der Waals surface area contributed by atoms with Crippen molar-refractivity contribution in [3.8, 4) is 17.1 Å². The lowest BCUT2D eigenvalue weighted by atomic mass is 9.89. The molecule has 0 saturated carbocycles. The maximum atomic E-state index is 13.0. The molecule has 9 heteroatoms. The summed E-state index contributed by atoms with van der Waals surface area (Å²) >= 11 is 3.24. The monoisotopic (exact) mass is 481 g/mol. The molecule has 33 heavy (non-hydrogen) atoms. The van der Waals surface area contributed by atoms with Gasteiger partial charge >= 0.3 is 0 Å². The molecule has 7 nitrogen and oxygen atoms in total. The highest BCUT2D eigenvalue weighted by Gasteiger charge is 2.24. The fourth-order valence-electron chi connectivity index (χ4n) is 4.39. The summed E-state index contributed by atoms with van der Waals surface area (Å²) in [5.74, 6) is 2.96. The maximum Gasteiger partial charge on any atom is 0.259 e. The van der Waals surface area contributed by atoms with Gasteiger partial charge in [0.15, 0.2) is 11.0 Å². The highest BCUT2D eigenvalue weighted by molar-refractivity contribution is 7.99. The maximum absolute atomic E-state index is 13.0. The molecule has 0 saturated heterocycles. The number of methoxy groups -OCH3 is 1. The molecule has 0 bridgehead atoms. The molecule has 2 unspecified atom stereocenters. The van der Waals surface area contributed by atoms with Crippen LogP contribution in [0.3, 0.4) is 0 Å². The largest absolute Gasteiger partial charge is 0.497 e. The number of nitrogens with zero attached hydrogens (tertiary/aromatic N) is 4. The Bertz CT molecular complexity index is 1360. The Balaban J connectivity index is 1.44. The summed E-state index contributed by atoms with van der Waals surface area (Å²) in [5, 5.41) is 10.4. The van der Waals surface area contributed by atoms with Gasteiger partial charge in [-0.05, 0) is 68.9 Å². The van der Waals surface area contributed by atoms with Crippen molar-refractivity contribution < 1.29 is 4.74 Å². The average Bonchev–Trinajstić information content (AvgIpc) is 3.39. The Morgan fingerprint density at radius 1 is 1.30 bits per heavy atom. The minimum Gasteiger partial charge on any atom is -0.497 e. The molecule has 0 spiro atoms. The number of rotatable bonds is 6. The fourth-order valence-corrected chi connectivity index (χ4v) is 6.75. The van der Waals surface area contributed by atoms with E-state index in [4.69, 9.17) is 9.72 Å². The third-order valence-electron chi connectivity index (χ3n) is 6.23. The number of fused-ring (bicyclic) bond motifs is 3. The average molecular weight is 482 g/mol. The summed E-state index contributed by atoms with van der Waals surface area (Å²) in [5.41, 5.74) is 2.17. The van der Waals surface area contributed by atoms with E-state index >= 15 is 0 Å². The van der Waals surface area contributed by atoms with Gasteiger partial charge in [0.2, 0.25) is 0 Å². The number of aromatic amines is 1. The number of hydrogen-bond acceptors (Lipinski definition) is 7. The molecule has 0 radical (unpaired) electrons. The molecule has 172 valence electrons. The van der Waals surface area contributed by atoms with Gasteiger partial charge in [0.1, 0.15) is 16.4 Å². The van der Waals surface area contributed by atoms with Crippen LogP contribution in [0.25, 0.3) is 21.6 Å². The van der Waals surface area contributed by atoms with E-state index in [1.165, 1.54) is 10.4 Å². The molecule has 1 aliphatic rings. The van der Waals surface area contributed by atoms with Gasteiger partial charge in [-0.3, -0.25) is 4.79 Å². The summed E-state index contributed by atoms with van der Waals surface area (Å²) in [6.07, 6.45) is 3.15. The second-order valence-electron chi connectivity index (χ2n) is 8.52. The first-order valence-electron chi connectivity index (χ1n) is 11.3. The molecular weight excluding hydrogens is 454 g/mol. The first-order valence-corrected chi connectivity index (χ1v) is 13.0. The standard InChI is InChI=1S/C24H27N5O2S2/c1-5-29-21(15-7-9-16(31-4)10-8-15)27-28-24(29)32-14(3)20-25-22(30)19-17-11-6-13(2)12-18(17)33-23(19)26-20/h7-10,13-14H,5-6,11-12H2,1-4H3,(H,25,26,30). The first-order chi connectivity index (χ1) is 16.0. The van der Waals surface area contributed by atoms with Crippen LogP contribution in [0.1, 0.15) is 48.7 Å². The molecule has 0 aliphatic heterocycles. The van der Waals surface area contributed by atoms with Crippen LogP contribution in [-0.2, 0) is 19.4 Å². The molecule has 4 aromatic rings. The van der Waals surface area contributed by atoms with E-state index in [0.29, 0.717) is 11.7 Å². The van der Waals surface area contributed by atoms with E-state index in [9.17, 15) is 4.79 Å². The van der Waals surface area contributed by atoms with Crippen LogP contribution < -0.4 is 10.3 Å².